The predicted octanol–water partition coefficient (Wildman–Crippen LogP) is 3.69. The number of aromatic nitrogens is 4. The minimum atomic E-state index is 0.461. The molecule has 0 radical (unpaired) electrons. The number of nitrogens with zero attached hydrogens (tertiary/aromatic N) is 4. The first-order valence-corrected chi connectivity index (χ1v) is 7.07. The molecule has 0 aliphatic rings. The van der Waals surface area contributed by atoms with Crippen LogP contribution in [0, 0.1) is 13.8 Å². The fraction of sp³-hybridized carbons (Fsp3) is 0.118. The molecule has 0 saturated heterocycles. The topological polar surface area (TPSA) is 52.3 Å². The number of ether oxygens (including phenoxy) is 1. The standard InChI is InChI=1S/C17H14N4O/c1-11-8-9-14-15(10-11)21-12(2)19-20-16(21)17(18-14)22-13-6-4-3-5-7-13/h3-10H,1-2H3. The van der Waals surface area contributed by atoms with E-state index < -0.39 is 0 Å². The highest BCUT2D eigenvalue weighted by atomic mass is 16.5. The summed E-state index contributed by atoms with van der Waals surface area (Å²) in [6, 6.07) is 15.7. The Kier molecular flexibility index (Phi) is 2.79. The van der Waals surface area contributed by atoms with Crippen LogP contribution in [0.15, 0.2) is 48.5 Å². The first kappa shape index (κ1) is 12.8. The molecule has 108 valence electrons. The van der Waals surface area contributed by atoms with Gasteiger partial charge in [-0.05, 0) is 43.7 Å². The Labute approximate surface area is 127 Å². The van der Waals surface area contributed by atoms with Gasteiger partial charge in [-0.2, -0.15) is 0 Å². The van der Waals surface area contributed by atoms with Crippen molar-refractivity contribution in [3.8, 4) is 11.6 Å². The fourth-order valence-corrected chi connectivity index (χ4v) is 2.52. The van der Waals surface area contributed by atoms with Crippen molar-refractivity contribution in [3.63, 3.8) is 0 Å². The van der Waals surface area contributed by atoms with E-state index in [0.717, 1.165) is 22.6 Å². The van der Waals surface area contributed by atoms with Crippen molar-refractivity contribution >= 4 is 16.7 Å². The Bertz CT molecular complexity index is 976. The zero-order valence-corrected chi connectivity index (χ0v) is 12.3. The van der Waals surface area contributed by atoms with Gasteiger partial charge in [0.25, 0.3) is 5.88 Å². The van der Waals surface area contributed by atoms with Gasteiger partial charge < -0.3 is 4.74 Å². The third kappa shape index (κ3) is 1.98. The molecular weight excluding hydrogens is 276 g/mol. The largest absolute Gasteiger partial charge is 0.436 e. The normalized spacial score (nSPS) is 11.2. The molecule has 5 heteroatoms. The molecule has 2 heterocycles. The number of para-hydroxylation sites is 1. The molecule has 22 heavy (non-hydrogen) atoms. The van der Waals surface area contributed by atoms with E-state index in [4.69, 9.17) is 4.74 Å². The van der Waals surface area contributed by atoms with Crippen molar-refractivity contribution in [2.24, 2.45) is 0 Å². The van der Waals surface area contributed by atoms with Crippen LogP contribution in [0.2, 0.25) is 0 Å². The minimum Gasteiger partial charge on any atom is -0.436 e. The Hall–Kier alpha value is -2.95. The Morgan fingerprint density at radius 2 is 1.77 bits per heavy atom. The molecule has 5 nitrogen and oxygen atoms in total. The number of hydrogen-bond acceptors (Lipinski definition) is 4. The van der Waals surface area contributed by atoms with Crippen LogP contribution in [0.4, 0.5) is 0 Å². The van der Waals surface area contributed by atoms with Gasteiger partial charge >= 0.3 is 0 Å². The van der Waals surface area contributed by atoms with Crippen molar-refractivity contribution < 1.29 is 4.74 Å². The third-order valence-corrected chi connectivity index (χ3v) is 3.57. The van der Waals surface area contributed by atoms with Crippen molar-refractivity contribution in [1.82, 2.24) is 19.6 Å². The van der Waals surface area contributed by atoms with Gasteiger partial charge in [0.2, 0.25) is 5.65 Å². The number of benzene rings is 2. The molecule has 0 spiro atoms. The fourth-order valence-electron chi connectivity index (χ4n) is 2.52. The number of rotatable bonds is 2. The molecule has 0 unspecified atom stereocenters. The van der Waals surface area contributed by atoms with Crippen LogP contribution < -0.4 is 4.74 Å². The van der Waals surface area contributed by atoms with Crippen molar-refractivity contribution in [2.45, 2.75) is 13.8 Å². The number of hydrogen-bond donors (Lipinski definition) is 0. The van der Waals surface area contributed by atoms with E-state index >= 15 is 0 Å². The molecule has 0 N–H and O–H groups in total. The second kappa shape index (κ2) is 4.80. The molecule has 0 aliphatic heterocycles. The lowest BCUT2D eigenvalue weighted by atomic mass is 10.2. The van der Waals surface area contributed by atoms with Gasteiger partial charge in [0.1, 0.15) is 11.6 Å². The quantitative estimate of drug-likeness (QED) is 0.565. The summed E-state index contributed by atoms with van der Waals surface area (Å²) < 4.78 is 7.89. The first-order chi connectivity index (χ1) is 10.7. The average molecular weight is 290 g/mol. The second-order valence-corrected chi connectivity index (χ2v) is 5.23. The van der Waals surface area contributed by atoms with Gasteiger partial charge in [-0.15, -0.1) is 10.2 Å². The van der Waals surface area contributed by atoms with E-state index in [0.29, 0.717) is 11.5 Å². The zero-order valence-electron chi connectivity index (χ0n) is 12.3. The number of aryl methyl sites for hydroxylation is 2. The van der Waals surface area contributed by atoms with Crippen molar-refractivity contribution in [1.29, 1.82) is 0 Å². The summed E-state index contributed by atoms with van der Waals surface area (Å²) in [5, 5.41) is 8.39. The van der Waals surface area contributed by atoms with E-state index in [1.807, 2.05) is 53.8 Å². The molecule has 0 atom stereocenters. The lowest BCUT2D eigenvalue weighted by Gasteiger charge is -2.09. The maximum absolute atomic E-state index is 5.91. The Morgan fingerprint density at radius 1 is 0.955 bits per heavy atom. The molecular formula is C17H14N4O. The maximum atomic E-state index is 5.91. The molecule has 4 aromatic rings. The monoisotopic (exact) mass is 290 g/mol. The Balaban J connectivity index is 1.99. The highest BCUT2D eigenvalue weighted by Crippen LogP contribution is 2.27. The van der Waals surface area contributed by atoms with Gasteiger partial charge in [-0.25, -0.2) is 4.98 Å². The molecule has 2 aromatic carbocycles. The smallest absolute Gasteiger partial charge is 0.266 e. The van der Waals surface area contributed by atoms with Gasteiger partial charge in [0.05, 0.1) is 11.0 Å². The highest BCUT2D eigenvalue weighted by Gasteiger charge is 2.14. The van der Waals surface area contributed by atoms with E-state index in [-0.39, 0.29) is 0 Å². The van der Waals surface area contributed by atoms with Crippen LogP contribution in [0.5, 0.6) is 11.6 Å². The minimum absolute atomic E-state index is 0.461. The predicted molar refractivity (Wildman–Crippen MR) is 84.3 cm³/mol. The molecule has 0 fully saturated rings. The molecule has 0 amide bonds. The zero-order chi connectivity index (χ0) is 15.1. The number of fused-ring (bicyclic) bond motifs is 3. The summed E-state index contributed by atoms with van der Waals surface area (Å²) >= 11 is 0. The van der Waals surface area contributed by atoms with Crippen LogP contribution >= 0.6 is 0 Å². The SMILES string of the molecule is Cc1ccc2nc(Oc3ccccc3)c3nnc(C)n3c2c1. The van der Waals surface area contributed by atoms with Crippen LogP contribution in [0.1, 0.15) is 11.4 Å². The van der Waals surface area contributed by atoms with Crippen LogP contribution in [0.25, 0.3) is 16.7 Å². The third-order valence-electron chi connectivity index (χ3n) is 3.57. The average Bonchev–Trinajstić information content (AvgIpc) is 2.92. The van der Waals surface area contributed by atoms with E-state index in [2.05, 4.69) is 28.2 Å². The summed E-state index contributed by atoms with van der Waals surface area (Å²) in [6.45, 7) is 3.98. The Morgan fingerprint density at radius 3 is 2.59 bits per heavy atom. The summed E-state index contributed by atoms with van der Waals surface area (Å²) in [6.07, 6.45) is 0. The van der Waals surface area contributed by atoms with E-state index in [1.54, 1.807) is 0 Å². The molecule has 2 aromatic heterocycles. The highest BCUT2D eigenvalue weighted by molar-refractivity contribution is 5.80. The lowest BCUT2D eigenvalue weighted by Crippen LogP contribution is -1.98. The van der Waals surface area contributed by atoms with E-state index in [9.17, 15) is 0 Å². The van der Waals surface area contributed by atoms with Crippen LogP contribution in [0.3, 0.4) is 0 Å². The lowest BCUT2D eigenvalue weighted by molar-refractivity contribution is 0.467. The second-order valence-electron chi connectivity index (χ2n) is 5.23. The van der Waals surface area contributed by atoms with Gasteiger partial charge in [0.15, 0.2) is 0 Å². The van der Waals surface area contributed by atoms with Crippen LogP contribution in [-0.2, 0) is 0 Å². The van der Waals surface area contributed by atoms with Crippen molar-refractivity contribution in [3.05, 3.63) is 59.9 Å². The van der Waals surface area contributed by atoms with Gasteiger partial charge in [0, 0.05) is 0 Å². The van der Waals surface area contributed by atoms with Gasteiger partial charge in [-0.1, -0.05) is 24.3 Å². The van der Waals surface area contributed by atoms with Crippen molar-refractivity contribution in [2.75, 3.05) is 0 Å². The summed E-state index contributed by atoms with van der Waals surface area (Å²) in [5.41, 5.74) is 3.63. The molecule has 0 saturated carbocycles. The summed E-state index contributed by atoms with van der Waals surface area (Å²) in [5.74, 6) is 2.00. The summed E-state index contributed by atoms with van der Waals surface area (Å²) in [7, 11) is 0. The van der Waals surface area contributed by atoms with Crippen LogP contribution in [-0.4, -0.2) is 19.6 Å². The van der Waals surface area contributed by atoms with E-state index in [1.165, 1.54) is 5.56 Å². The molecule has 0 aliphatic carbocycles. The van der Waals surface area contributed by atoms with Gasteiger partial charge in [-0.3, -0.25) is 4.40 Å². The molecule has 4 rings (SSSR count). The summed E-state index contributed by atoms with van der Waals surface area (Å²) in [4.78, 5) is 4.61. The maximum Gasteiger partial charge on any atom is 0.266 e. The molecule has 0 bridgehead atoms. The first-order valence-electron chi connectivity index (χ1n) is 7.07.